The number of morpholine rings is 1. The summed E-state index contributed by atoms with van der Waals surface area (Å²) < 4.78 is 7.64. The Morgan fingerprint density at radius 3 is 2.50 bits per heavy atom. The Balaban J connectivity index is 1.34. The summed E-state index contributed by atoms with van der Waals surface area (Å²) in [7, 11) is 2.11. The Morgan fingerprint density at radius 1 is 1.02 bits per heavy atom. The number of amides is 2. The summed E-state index contributed by atoms with van der Waals surface area (Å²) >= 11 is 3.45. The molecule has 0 saturated carbocycles. The van der Waals surface area contributed by atoms with Crippen molar-refractivity contribution in [3.63, 3.8) is 0 Å². The molecule has 0 aliphatic carbocycles. The molecule has 0 unspecified atom stereocenters. The Hall–Kier alpha value is -3.39. The summed E-state index contributed by atoms with van der Waals surface area (Å²) in [5, 5.41) is 14.5. The van der Waals surface area contributed by atoms with Crippen molar-refractivity contribution >= 4 is 39.1 Å². The molecule has 0 radical (unpaired) electrons. The van der Waals surface area contributed by atoms with Gasteiger partial charge in [-0.15, -0.1) is 5.10 Å². The zero-order valence-corrected chi connectivity index (χ0v) is 27.6. The molecular weight excluding hydrogens is 626 g/mol. The van der Waals surface area contributed by atoms with Crippen LogP contribution in [0.2, 0.25) is 0 Å². The molecule has 13 heteroatoms. The summed E-state index contributed by atoms with van der Waals surface area (Å²) in [4.78, 5) is 37.8. The number of ether oxygens (including phenoxy) is 1. The van der Waals surface area contributed by atoms with Crippen molar-refractivity contribution in [2.45, 2.75) is 32.6 Å². The lowest BCUT2D eigenvalue weighted by molar-refractivity contribution is 0.0374. The van der Waals surface area contributed by atoms with Crippen LogP contribution in [0, 0.1) is 0 Å². The van der Waals surface area contributed by atoms with Crippen LogP contribution in [-0.4, -0.2) is 114 Å². The highest BCUT2D eigenvalue weighted by atomic mass is 79.9. The number of rotatable bonds is 9. The highest BCUT2D eigenvalue weighted by molar-refractivity contribution is 9.10. The maximum atomic E-state index is 13.8. The van der Waals surface area contributed by atoms with Crippen LogP contribution < -0.4 is 15.5 Å². The molecule has 2 aromatic heterocycles. The van der Waals surface area contributed by atoms with Crippen LogP contribution in [0.25, 0.3) is 5.69 Å². The molecule has 2 N–H and O–H groups in total. The van der Waals surface area contributed by atoms with Crippen molar-refractivity contribution < 1.29 is 14.3 Å². The molecule has 12 nitrogen and oxygen atoms in total. The van der Waals surface area contributed by atoms with Gasteiger partial charge in [-0.25, -0.2) is 9.67 Å². The third-order valence-corrected chi connectivity index (χ3v) is 8.46. The molecule has 2 saturated heterocycles. The minimum absolute atomic E-state index is 0.237. The third kappa shape index (κ3) is 8.00. The van der Waals surface area contributed by atoms with Gasteiger partial charge < -0.3 is 25.2 Å². The molecule has 5 rings (SSSR count). The van der Waals surface area contributed by atoms with Crippen LogP contribution in [-0.2, 0) is 10.2 Å². The fourth-order valence-corrected chi connectivity index (χ4v) is 5.76. The molecule has 4 heterocycles. The van der Waals surface area contributed by atoms with Gasteiger partial charge in [-0.1, -0.05) is 26.0 Å². The Morgan fingerprint density at radius 2 is 1.77 bits per heavy atom. The number of anilines is 2. The number of piperazine rings is 1. The Labute approximate surface area is 267 Å². The van der Waals surface area contributed by atoms with Crippen molar-refractivity contribution in [1.29, 1.82) is 0 Å². The van der Waals surface area contributed by atoms with E-state index in [0.717, 1.165) is 76.7 Å². The first-order chi connectivity index (χ1) is 21.1. The van der Waals surface area contributed by atoms with Gasteiger partial charge in [-0.3, -0.25) is 14.5 Å². The van der Waals surface area contributed by atoms with E-state index in [1.807, 2.05) is 24.3 Å². The number of hydrogen-bond acceptors (Lipinski definition) is 9. The van der Waals surface area contributed by atoms with E-state index in [1.165, 1.54) is 0 Å². The van der Waals surface area contributed by atoms with E-state index < -0.39 is 0 Å². The summed E-state index contributed by atoms with van der Waals surface area (Å²) in [5.74, 6) is -0.503. The molecule has 44 heavy (non-hydrogen) atoms. The van der Waals surface area contributed by atoms with Gasteiger partial charge >= 0.3 is 0 Å². The van der Waals surface area contributed by atoms with Crippen LogP contribution in [0.5, 0.6) is 0 Å². The predicted octanol–water partition coefficient (Wildman–Crippen LogP) is 3.18. The second-order valence-electron chi connectivity index (χ2n) is 12.4. The van der Waals surface area contributed by atoms with E-state index in [-0.39, 0.29) is 22.9 Å². The quantitative estimate of drug-likeness (QED) is 0.262. The minimum atomic E-state index is -0.266. The largest absolute Gasteiger partial charge is 0.379 e. The summed E-state index contributed by atoms with van der Waals surface area (Å²) in [6.45, 7) is 14.6. The highest BCUT2D eigenvalue weighted by Crippen LogP contribution is 2.32. The number of likely N-dealkylation sites (N-methyl/N-ethyl adjacent to an activating group) is 1. The smallest absolute Gasteiger partial charge is 0.273 e. The fraction of sp³-hybridized carbons (Fsp3) is 0.516. The molecule has 236 valence electrons. The SMILES string of the molecule is CN1CCN(c2ccc(-n3cc(C(=O)NCCCN4CCOCC4)nn3)cc2NC(=O)c2cnc(Br)cc2C(C)(C)C)CC1. The number of nitrogens with zero attached hydrogens (tertiary/aromatic N) is 7. The third-order valence-electron chi connectivity index (χ3n) is 8.03. The van der Waals surface area contributed by atoms with Gasteiger partial charge in [0.1, 0.15) is 4.60 Å². The maximum Gasteiger partial charge on any atom is 0.273 e. The van der Waals surface area contributed by atoms with E-state index in [2.05, 4.69) is 84.4 Å². The zero-order valence-electron chi connectivity index (χ0n) is 26.0. The molecule has 3 aromatic rings. The minimum Gasteiger partial charge on any atom is -0.379 e. The average Bonchev–Trinajstić information content (AvgIpc) is 3.50. The molecule has 2 aliphatic heterocycles. The van der Waals surface area contributed by atoms with Crippen molar-refractivity contribution in [2.75, 3.05) is 82.8 Å². The van der Waals surface area contributed by atoms with Gasteiger partial charge in [0, 0.05) is 52.0 Å². The topological polar surface area (TPSA) is 121 Å². The van der Waals surface area contributed by atoms with Crippen molar-refractivity contribution in [3.05, 3.63) is 58.1 Å². The second-order valence-corrected chi connectivity index (χ2v) is 13.2. The molecule has 2 fully saturated rings. The van der Waals surface area contributed by atoms with Crippen LogP contribution in [0.15, 0.2) is 41.3 Å². The van der Waals surface area contributed by atoms with Crippen LogP contribution in [0.4, 0.5) is 11.4 Å². The Bertz CT molecular complexity index is 1460. The van der Waals surface area contributed by atoms with Crippen LogP contribution >= 0.6 is 15.9 Å². The first-order valence-corrected chi connectivity index (χ1v) is 15.9. The number of benzene rings is 1. The number of halogens is 1. The monoisotopic (exact) mass is 667 g/mol. The van der Waals surface area contributed by atoms with Crippen molar-refractivity contribution in [1.82, 2.24) is 35.1 Å². The normalized spacial score (nSPS) is 16.6. The van der Waals surface area contributed by atoms with Gasteiger partial charge in [0.05, 0.1) is 42.0 Å². The lowest BCUT2D eigenvalue weighted by Gasteiger charge is -2.35. The first-order valence-electron chi connectivity index (χ1n) is 15.1. The molecule has 0 spiro atoms. The first kappa shape index (κ1) is 32.0. The lowest BCUT2D eigenvalue weighted by atomic mass is 9.84. The second kappa shape index (κ2) is 14.1. The molecule has 0 atom stereocenters. The Kier molecular flexibility index (Phi) is 10.3. The standard InChI is InChI=1S/C31H42BrN9O3/c1-31(2,3)24-19-28(32)34-20-23(24)29(42)35-25-18-22(6-7-27(25)40-12-10-38(4)11-13-40)41-21-26(36-37-41)30(43)33-8-5-9-39-14-16-44-17-15-39/h6-7,18-21H,5,8-17H2,1-4H3,(H,33,43)(H,35,42). The van der Waals surface area contributed by atoms with Crippen LogP contribution in [0.3, 0.4) is 0 Å². The van der Waals surface area contributed by atoms with Gasteiger partial charge in [0.2, 0.25) is 0 Å². The van der Waals surface area contributed by atoms with E-state index in [4.69, 9.17) is 4.74 Å². The van der Waals surface area contributed by atoms with Crippen molar-refractivity contribution in [2.24, 2.45) is 0 Å². The average molecular weight is 669 g/mol. The molecular formula is C31H42BrN9O3. The number of pyridine rings is 1. The van der Waals surface area contributed by atoms with Crippen LogP contribution in [0.1, 0.15) is 53.6 Å². The van der Waals surface area contributed by atoms with Crippen molar-refractivity contribution in [3.8, 4) is 5.69 Å². The number of nitrogens with one attached hydrogen (secondary N) is 2. The van der Waals surface area contributed by atoms with E-state index in [0.29, 0.717) is 28.1 Å². The maximum absolute atomic E-state index is 13.8. The van der Waals surface area contributed by atoms with E-state index in [1.54, 1.807) is 17.1 Å². The van der Waals surface area contributed by atoms with Gasteiger partial charge in [-0.2, -0.15) is 0 Å². The molecule has 0 bridgehead atoms. The summed E-state index contributed by atoms with van der Waals surface area (Å²) in [6.07, 6.45) is 4.08. The van der Waals surface area contributed by atoms with Gasteiger partial charge in [-0.05, 0) is 71.2 Å². The lowest BCUT2D eigenvalue weighted by Crippen LogP contribution is -2.44. The summed E-state index contributed by atoms with van der Waals surface area (Å²) in [6, 6.07) is 7.71. The van der Waals surface area contributed by atoms with Gasteiger partial charge in [0.15, 0.2) is 5.69 Å². The number of carbonyl (C=O) groups is 2. The van der Waals surface area contributed by atoms with E-state index in [9.17, 15) is 9.59 Å². The molecule has 1 aromatic carbocycles. The number of carbonyl (C=O) groups excluding carboxylic acids is 2. The molecule has 2 amide bonds. The number of hydrogen-bond donors (Lipinski definition) is 2. The van der Waals surface area contributed by atoms with Gasteiger partial charge in [0.25, 0.3) is 11.8 Å². The summed E-state index contributed by atoms with van der Waals surface area (Å²) in [5.41, 5.74) is 3.65. The van der Waals surface area contributed by atoms with E-state index >= 15 is 0 Å². The zero-order chi connectivity index (χ0) is 31.3. The molecule has 2 aliphatic rings. The predicted molar refractivity (Wildman–Crippen MR) is 174 cm³/mol. The number of aromatic nitrogens is 4. The fourth-order valence-electron chi connectivity index (χ4n) is 5.42. The highest BCUT2D eigenvalue weighted by Gasteiger charge is 2.25.